The Morgan fingerprint density at radius 1 is 1.05 bits per heavy atom. The zero-order valence-corrected chi connectivity index (χ0v) is 10.8. The second-order valence-electron chi connectivity index (χ2n) is 3.55. The Hall–Kier alpha value is -1.93. The van der Waals surface area contributed by atoms with E-state index in [0.717, 1.165) is 6.07 Å². The van der Waals surface area contributed by atoms with E-state index in [0.29, 0.717) is 16.8 Å². The molecule has 0 atom stereocenters. The molecule has 0 fully saturated rings. The standard InChI is InChI=1S/C11H11F2N5S/c1-19-11-16-9(5-10(17-11)18-14)15-8-3-6(12)2-7(13)4-8/h2-5H,14H2,1H3,(H2,15,16,17,18). The number of benzene rings is 1. The molecule has 5 nitrogen and oxygen atoms in total. The second-order valence-corrected chi connectivity index (χ2v) is 4.33. The summed E-state index contributed by atoms with van der Waals surface area (Å²) in [6, 6.07) is 4.66. The Morgan fingerprint density at radius 2 is 1.68 bits per heavy atom. The van der Waals surface area contributed by atoms with Gasteiger partial charge < -0.3 is 10.7 Å². The van der Waals surface area contributed by atoms with Gasteiger partial charge in [0.25, 0.3) is 0 Å². The minimum atomic E-state index is -0.668. The summed E-state index contributed by atoms with van der Waals surface area (Å²) in [4.78, 5) is 8.23. The summed E-state index contributed by atoms with van der Waals surface area (Å²) in [5.41, 5.74) is 2.65. The molecule has 0 saturated heterocycles. The average Bonchev–Trinajstić information content (AvgIpc) is 2.37. The molecule has 0 aliphatic heterocycles. The maximum absolute atomic E-state index is 13.1. The minimum absolute atomic E-state index is 0.256. The van der Waals surface area contributed by atoms with Crippen molar-refractivity contribution >= 4 is 29.1 Å². The van der Waals surface area contributed by atoms with Crippen LogP contribution < -0.4 is 16.6 Å². The second kappa shape index (κ2) is 5.81. The van der Waals surface area contributed by atoms with Crippen LogP contribution in [0.2, 0.25) is 0 Å². The van der Waals surface area contributed by atoms with Gasteiger partial charge in [-0.2, -0.15) is 0 Å². The van der Waals surface area contributed by atoms with Crippen molar-refractivity contribution in [3.8, 4) is 0 Å². The van der Waals surface area contributed by atoms with Crippen molar-refractivity contribution in [3.05, 3.63) is 35.9 Å². The van der Waals surface area contributed by atoms with Gasteiger partial charge in [-0.25, -0.2) is 24.6 Å². The molecule has 0 radical (unpaired) electrons. The number of nitrogens with two attached hydrogens (primary N) is 1. The first-order valence-corrected chi connectivity index (χ1v) is 6.46. The summed E-state index contributed by atoms with van der Waals surface area (Å²) >= 11 is 1.32. The van der Waals surface area contributed by atoms with Gasteiger partial charge in [0, 0.05) is 17.8 Å². The number of nitrogen functional groups attached to an aromatic ring is 1. The Bertz CT molecular complexity index is 551. The van der Waals surface area contributed by atoms with Crippen molar-refractivity contribution in [1.82, 2.24) is 9.97 Å². The molecule has 8 heteroatoms. The Balaban J connectivity index is 2.31. The van der Waals surface area contributed by atoms with Crippen LogP contribution in [0.25, 0.3) is 0 Å². The van der Waals surface area contributed by atoms with Gasteiger partial charge in [-0.1, -0.05) is 11.8 Å². The highest BCUT2D eigenvalue weighted by molar-refractivity contribution is 7.98. The number of aromatic nitrogens is 2. The molecule has 1 aromatic carbocycles. The quantitative estimate of drug-likeness (QED) is 0.346. The van der Waals surface area contributed by atoms with Crippen LogP contribution in [0.15, 0.2) is 29.4 Å². The molecule has 0 unspecified atom stereocenters. The lowest BCUT2D eigenvalue weighted by molar-refractivity contribution is 0.584. The van der Waals surface area contributed by atoms with E-state index in [-0.39, 0.29) is 5.69 Å². The number of anilines is 3. The van der Waals surface area contributed by atoms with E-state index in [2.05, 4.69) is 20.7 Å². The number of nitrogens with one attached hydrogen (secondary N) is 2. The third kappa shape index (κ3) is 3.52. The molecule has 4 N–H and O–H groups in total. The summed E-state index contributed by atoms with van der Waals surface area (Å²) in [6.45, 7) is 0. The lowest BCUT2D eigenvalue weighted by Gasteiger charge is -2.09. The Morgan fingerprint density at radius 3 is 2.26 bits per heavy atom. The van der Waals surface area contributed by atoms with E-state index >= 15 is 0 Å². The predicted octanol–water partition coefficient (Wildman–Crippen LogP) is 2.51. The van der Waals surface area contributed by atoms with Crippen molar-refractivity contribution in [3.63, 3.8) is 0 Å². The Labute approximate surface area is 112 Å². The lowest BCUT2D eigenvalue weighted by Crippen LogP contribution is -2.10. The maximum atomic E-state index is 13.1. The molecule has 1 aromatic heterocycles. The van der Waals surface area contributed by atoms with Crippen LogP contribution >= 0.6 is 11.8 Å². The van der Waals surface area contributed by atoms with Crippen LogP contribution in [-0.2, 0) is 0 Å². The molecule has 1 heterocycles. The van der Waals surface area contributed by atoms with Crippen molar-refractivity contribution in [2.75, 3.05) is 17.0 Å². The summed E-state index contributed by atoms with van der Waals surface area (Å²) in [7, 11) is 0. The van der Waals surface area contributed by atoms with Crippen molar-refractivity contribution in [2.24, 2.45) is 5.84 Å². The normalized spacial score (nSPS) is 10.3. The van der Waals surface area contributed by atoms with E-state index in [9.17, 15) is 8.78 Å². The first kappa shape index (κ1) is 13.5. The van der Waals surface area contributed by atoms with Gasteiger partial charge in [-0.15, -0.1) is 0 Å². The number of thioether (sulfide) groups is 1. The number of hydrogen-bond donors (Lipinski definition) is 3. The summed E-state index contributed by atoms with van der Waals surface area (Å²) in [5.74, 6) is 4.74. The van der Waals surface area contributed by atoms with Crippen LogP contribution in [0, 0.1) is 11.6 Å². The number of hydrazine groups is 1. The van der Waals surface area contributed by atoms with Crippen LogP contribution in [0.4, 0.5) is 26.1 Å². The fourth-order valence-corrected chi connectivity index (χ4v) is 1.81. The summed E-state index contributed by atoms with van der Waals surface area (Å²) in [6.07, 6.45) is 1.81. The van der Waals surface area contributed by atoms with Gasteiger partial charge in [0.2, 0.25) is 0 Å². The molecule has 0 aliphatic rings. The highest BCUT2D eigenvalue weighted by Crippen LogP contribution is 2.21. The van der Waals surface area contributed by atoms with Gasteiger partial charge in [0.05, 0.1) is 0 Å². The molecule has 0 amide bonds. The largest absolute Gasteiger partial charge is 0.340 e. The number of halogens is 2. The van der Waals surface area contributed by atoms with Crippen LogP contribution in [0.5, 0.6) is 0 Å². The first-order chi connectivity index (χ1) is 9.10. The van der Waals surface area contributed by atoms with E-state index in [1.54, 1.807) is 6.26 Å². The number of nitrogens with zero attached hydrogens (tertiary/aromatic N) is 2. The smallest absolute Gasteiger partial charge is 0.191 e. The van der Waals surface area contributed by atoms with E-state index in [1.807, 2.05) is 0 Å². The summed E-state index contributed by atoms with van der Waals surface area (Å²) in [5, 5.41) is 3.28. The molecule has 0 bridgehead atoms. The van der Waals surface area contributed by atoms with Crippen molar-refractivity contribution in [2.45, 2.75) is 5.16 Å². The third-order valence-corrected chi connectivity index (χ3v) is 2.72. The molecule has 19 heavy (non-hydrogen) atoms. The maximum Gasteiger partial charge on any atom is 0.191 e. The van der Waals surface area contributed by atoms with Crippen LogP contribution in [-0.4, -0.2) is 16.2 Å². The zero-order valence-electron chi connectivity index (χ0n) is 9.95. The van der Waals surface area contributed by atoms with E-state index in [4.69, 9.17) is 5.84 Å². The van der Waals surface area contributed by atoms with Gasteiger partial charge in [-0.3, -0.25) is 0 Å². The predicted molar refractivity (Wildman–Crippen MR) is 71.3 cm³/mol. The molecule has 0 aliphatic carbocycles. The molecular weight excluding hydrogens is 272 g/mol. The van der Waals surface area contributed by atoms with Crippen molar-refractivity contribution < 1.29 is 8.78 Å². The zero-order chi connectivity index (χ0) is 13.8. The number of rotatable bonds is 4. The highest BCUT2D eigenvalue weighted by Gasteiger charge is 2.05. The lowest BCUT2D eigenvalue weighted by atomic mass is 10.3. The highest BCUT2D eigenvalue weighted by atomic mass is 32.2. The van der Waals surface area contributed by atoms with Gasteiger partial charge >= 0.3 is 0 Å². The minimum Gasteiger partial charge on any atom is -0.340 e. The molecule has 2 aromatic rings. The fourth-order valence-electron chi connectivity index (χ4n) is 1.43. The van der Waals surface area contributed by atoms with Gasteiger partial charge in [0.15, 0.2) is 5.16 Å². The van der Waals surface area contributed by atoms with Crippen LogP contribution in [0.1, 0.15) is 0 Å². The number of hydrogen-bond acceptors (Lipinski definition) is 6. The SMILES string of the molecule is CSc1nc(NN)cc(Nc2cc(F)cc(F)c2)n1. The molecular formula is C11H11F2N5S. The molecule has 0 saturated carbocycles. The third-order valence-electron chi connectivity index (χ3n) is 2.17. The van der Waals surface area contributed by atoms with Crippen molar-refractivity contribution in [1.29, 1.82) is 0 Å². The van der Waals surface area contributed by atoms with Gasteiger partial charge in [0.1, 0.15) is 23.3 Å². The van der Waals surface area contributed by atoms with Crippen LogP contribution in [0.3, 0.4) is 0 Å². The molecule has 0 spiro atoms. The average molecular weight is 283 g/mol. The first-order valence-electron chi connectivity index (χ1n) is 5.23. The monoisotopic (exact) mass is 283 g/mol. The summed E-state index contributed by atoms with van der Waals surface area (Å²) < 4.78 is 26.1. The Kier molecular flexibility index (Phi) is 4.13. The van der Waals surface area contributed by atoms with E-state index in [1.165, 1.54) is 30.0 Å². The van der Waals surface area contributed by atoms with Gasteiger partial charge in [-0.05, 0) is 18.4 Å². The molecule has 100 valence electrons. The van der Waals surface area contributed by atoms with E-state index < -0.39 is 11.6 Å². The fraction of sp³-hybridized carbons (Fsp3) is 0.0909. The topological polar surface area (TPSA) is 75.9 Å². The molecule has 2 rings (SSSR count).